The Morgan fingerprint density at radius 1 is 1.71 bits per heavy atom. The first-order chi connectivity index (χ1) is 6.65. The van der Waals surface area contributed by atoms with Gasteiger partial charge in [0.05, 0.1) is 24.7 Å². The van der Waals surface area contributed by atoms with Crippen molar-refractivity contribution in [1.82, 2.24) is 5.32 Å². The van der Waals surface area contributed by atoms with Crippen LogP contribution < -0.4 is 5.32 Å². The summed E-state index contributed by atoms with van der Waals surface area (Å²) in [6.45, 7) is 2.23. The van der Waals surface area contributed by atoms with Gasteiger partial charge in [-0.25, -0.2) is 0 Å². The lowest BCUT2D eigenvalue weighted by Crippen LogP contribution is -2.39. The normalized spacial score (nSPS) is 28.8. The minimum absolute atomic E-state index is 0.0544. The SMILES string of the molecule is CC1OCCC1C(=O)NCC(O)CO. The molecule has 5 nitrogen and oxygen atoms in total. The fraction of sp³-hybridized carbons (Fsp3) is 0.889. The third-order valence-electron chi connectivity index (χ3n) is 2.44. The molecule has 0 aromatic carbocycles. The van der Waals surface area contributed by atoms with Gasteiger partial charge in [-0.2, -0.15) is 0 Å². The zero-order chi connectivity index (χ0) is 10.6. The summed E-state index contributed by atoms with van der Waals surface area (Å²) in [4.78, 5) is 11.5. The van der Waals surface area contributed by atoms with Crippen molar-refractivity contribution in [3.8, 4) is 0 Å². The van der Waals surface area contributed by atoms with E-state index in [4.69, 9.17) is 14.9 Å². The van der Waals surface area contributed by atoms with E-state index in [-0.39, 0.29) is 31.1 Å². The second kappa shape index (κ2) is 5.29. The predicted molar refractivity (Wildman–Crippen MR) is 49.6 cm³/mol. The number of aliphatic hydroxyl groups is 2. The third kappa shape index (κ3) is 2.94. The van der Waals surface area contributed by atoms with Crippen LogP contribution in [-0.4, -0.2) is 48.1 Å². The molecule has 1 fully saturated rings. The molecule has 1 rings (SSSR count). The summed E-state index contributed by atoms with van der Waals surface area (Å²) in [6.07, 6.45) is -0.208. The lowest BCUT2D eigenvalue weighted by atomic mass is 10.0. The Kier molecular flexibility index (Phi) is 4.31. The van der Waals surface area contributed by atoms with Crippen molar-refractivity contribution in [2.45, 2.75) is 25.6 Å². The number of carbonyl (C=O) groups is 1. The first-order valence-corrected chi connectivity index (χ1v) is 4.83. The third-order valence-corrected chi connectivity index (χ3v) is 2.44. The van der Waals surface area contributed by atoms with Crippen molar-refractivity contribution in [3.05, 3.63) is 0 Å². The second-order valence-corrected chi connectivity index (χ2v) is 3.55. The number of carbonyl (C=O) groups excluding carboxylic acids is 1. The summed E-state index contributed by atoms with van der Waals surface area (Å²) >= 11 is 0. The van der Waals surface area contributed by atoms with E-state index in [1.165, 1.54) is 0 Å². The highest BCUT2D eigenvalue weighted by Gasteiger charge is 2.30. The lowest BCUT2D eigenvalue weighted by Gasteiger charge is -2.15. The highest BCUT2D eigenvalue weighted by atomic mass is 16.5. The molecular formula is C9H17NO4. The Labute approximate surface area is 83.1 Å². The van der Waals surface area contributed by atoms with Gasteiger partial charge in [-0.3, -0.25) is 4.79 Å². The molecule has 5 heteroatoms. The van der Waals surface area contributed by atoms with Crippen molar-refractivity contribution >= 4 is 5.91 Å². The second-order valence-electron chi connectivity index (χ2n) is 3.55. The first kappa shape index (κ1) is 11.4. The molecule has 1 saturated heterocycles. The molecule has 0 radical (unpaired) electrons. The maximum atomic E-state index is 11.5. The van der Waals surface area contributed by atoms with Crippen LogP contribution in [0.5, 0.6) is 0 Å². The average molecular weight is 203 g/mol. The number of amides is 1. The van der Waals surface area contributed by atoms with Crippen molar-refractivity contribution in [2.75, 3.05) is 19.8 Å². The molecule has 3 atom stereocenters. The van der Waals surface area contributed by atoms with Crippen LogP contribution in [0.15, 0.2) is 0 Å². The van der Waals surface area contributed by atoms with E-state index in [0.29, 0.717) is 6.61 Å². The van der Waals surface area contributed by atoms with Crippen LogP contribution in [-0.2, 0) is 9.53 Å². The topological polar surface area (TPSA) is 78.8 Å². The van der Waals surface area contributed by atoms with Gasteiger partial charge in [-0.1, -0.05) is 0 Å². The Morgan fingerprint density at radius 2 is 2.43 bits per heavy atom. The minimum Gasteiger partial charge on any atom is -0.394 e. The van der Waals surface area contributed by atoms with Gasteiger partial charge < -0.3 is 20.3 Å². The summed E-state index contributed by atoms with van der Waals surface area (Å²) in [6, 6.07) is 0. The summed E-state index contributed by atoms with van der Waals surface area (Å²) in [5.74, 6) is -0.233. The highest BCUT2D eigenvalue weighted by molar-refractivity contribution is 5.79. The number of aliphatic hydroxyl groups excluding tert-OH is 2. The zero-order valence-corrected chi connectivity index (χ0v) is 8.27. The van der Waals surface area contributed by atoms with Gasteiger partial charge in [0.15, 0.2) is 0 Å². The maximum absolute atomic E-state index is 11.5. The van der Waals surface area contributed by atoms with Crippen LogP contribution in [0, 0.1) is 5.92 Å². The molecule has 82 valence electrons. The fourth-order valence-corrected chi connectivity index (χ4v) is 1.49. The predicted octanol–water partition coefficient (Wildman–Crippen LogP) is -1.12. The average Bonchev–Trinajstić information content (AvgIpc) is 2.60. The van der Waals surface area contributed by atoms with Gasteiger partial charge in [-0.05, 0) is 13.3 Å². The fourth-order valence-electron chi connectivity index (χ4n) is 1.49. The lowest BCUT2D eigenvalue weighted by molar-refractivity contribution is -0.126. The van der Waals surface area contributed by atoms with E-state index in [1.807, 2.05) is 6.92 Å². The Bertz CT molecular complexity index is 197. The van der Waals surface area contributed by atoms with Crippen LogP contribution in [0.1, 0.15) is 13.3 Å². The molecule has 14 heavy (non-hydrogen) atoms. The van der Waals surface area contributed by atoms with Crippen LogP contribution >= 0.6 is 0 Å². The van der Waals surface area contributed by atoms with Crippen molar-refractivity contribution < 1.29 is 19.7 Å². The summed E-state index contributed by atoms with van der Waals surface area (Å²) in [7, 11) is 0. The Hall–Kier alpha value is -0.650. The van der Waals surface area contributed by atoms with Gasteiger partial charge in [0.1, 0.15) is 0 Å². The molecule has 0 bridgehead atoms. The standard InChI is InChI=1S/C9H17NO4/c1-6-8(2-3-14-6)9(13)10-4-7(12)5-11/h6-8,11-12H,2-5H2,1H3,(H,10,13). The number of nitrogens with one attached hydrogen (secondary N) is 1. The van der Waals surface area contributed by atoms with Crippen LogP contribution in [0.3, 0.4) is 0 Å². The highest BCUT2D eigenvalue weighted by Crippen LogP contribution is 2.20. The number of rotatable bonds is 4. The van der Waals surface area contributed by atoms with Gasteiger partial charge >= 0.3 is 0 Å². The molecule has 1 heterocycles. The van der Waals surface area contributed by atoms with Gasteiger partial charge in [0.25, 0.3) is 0 Å². The quantitative estimate of drug-likeness (QED) is 0.541. The summed E-state index contributed by atoms with van der Waals surface area (Å²) in [5.41, 5.74) is 0. The molecule has 0 aromatic heterocycles. The summed E-state index contributed by atoms with van der Waals surface area (Å²) in [5, 5.41) is 20.1. The monoisotopic (exact) mass is 203 g/mol. The van der Waals surface area contributed by atoms with Crippen molar-refractivity contribution in [2.24, 2.45) is 5.92 Å². The smallest absolute Gasteiger partial charge is 0.225 e. The van der Waals surface area contributed by atoms with Crippen molar-refractivity contribution in [1.29, 1.82) is 0 Å². The van der Waals surface area contributed by atoms with E-state index in [2.05, 4.69) is 5.32 Å². The molecule has 0 spiro atoms. The number of ether oxygens (including phenoxy) is 1. The number of hydrogen-bond acceptors (Lipinski definition) is 4. The molecule has 1 aliphatic heterocycles. The summed E-state index contributed by atoms with van der Waals surface area (Å²) < 4.78 is 5.25. The molecule has 3 N–H and O–H groups in total. The first-order valence-electron chi connectivity index (χ1n) is 4.83. The van der Waals surface area contributed by atoms with Crippen LogP contribution in [0.25, 0.3) is 0 Å². The van der Waals surface area contributed by atoms with Gasteiger partial charge in [0.2, 0.25) is 5.91 Å². The molecule has 3 unspecified atom stereocenters. The number of hydrogen-bond donors (Lipinski definition) is 3. The van der Waals surface area contributed by atoms with Crippen LogP contribution in [0.4, 0.5) is 0 Å². The molecule has 1 amide bonds. The molecular weight excluding hydrogens is 186 g/mol. The van der Waals surface area contributed by atoms with E-state index < -0.39 is 6.10 Å². The van der Waals surface area contributed by atoms with E-state index >= 15 is 0 Å². The Morgan fingerprint density at radius 3 is 2.93 bits per heavy atom. The molecule has 1 aliphatic rings. The van der Waals surface area contributed by atoms with E-state index in [1.54, 1.807) is 0 Å². The van der Waals surface area contributed by atoms with E-state index in [0.717, 1.165) is 6.42 Å². The largest absolute Gasteiger partial charge is 0.394 e. The molecule has 0 saturated carbocycles. The molecule has 0 aliphatic carbocycles. The van der Waals surface area contributed by atoms with E-state index in [9.17, 15) is 4.79 Å². The van der Waals surface area contributed by atoms with Crippen molar-refractivity contribution in [3.63, 3.8) is 0 Å². The maximum Gasteiger partial charge on any atom is 0.225 e. The molecule has 0 aromatic rings. The Balaban J connectivity index is 2.27. The minimum atomic E-state index is -0.878. The van der Waals surface area contributed by atoms with Gasteiger partial charge in [0, 0.05) is 13.2 Å². The van der Waals surface area contributed by atoms with Crippen LogP contribution in [0.2, 0.25) is 0 Å². The van der Waals surface area contributed by atoms with Gasteiger partial charge in [-0.15, -0.1) is 0 Å². The zero-order valence-electron chi connectivity index (χ0n) is 8.27.